The molecule has 1 aromatic carbocycles. The topological polar surface area (TPSA) is 95.1 Å². The average Bonchev–Trinajstić information content (AvgIpc) is 3.26. The van der Waals surface area contributed by atoms with Crippen molar-refractivity contribution >= 4 is 22.8 Å². The first-order valence-corrected chi connectivity index (χ1v) is 10.4. The molecule has 0 atom stereocenters. The van der Waals surface area contributed by atoms with Gasteiger partial charge in [0.25, 0.3) is 11.8 Å². The van der Waals surface area contributed by atoms with Gasteiger partial charge in [-0.3, -0.25) is 14.5 Å². The molecule has 2 aromatic heterocycles. The molecule has 4 heterocycles. The number of amides is 2. The van der Waals surface area contributed by atoms with Gasteiger partial charge in [0, 0.05) is 18.2 Å². The van der Waals surface area contributed by atoms with Gasteiger partial charge < -0.3 is 9.88 Å². The fourth-order valence-corrected chi connectivity index (χ4v) is 4.25. The molecule has 0 saturated carbocycles. The number of piperidine rings is 1. The number of carbonyl (C=O) groups excluding carboxylic acids is 2. The zero-order chi connectivity index (χ0) is 21.0. The third kappa shape index (κ3) is 2.99. The maximum atomic E-state index is 13.1. The molecular formula is C22H24N6O2. The summed E-state index contributed by atoms with van der Waals surface area (Å²) in [4.78, 5) is 46.6. The zero-order valence-corrected chi connectivity index (χ0v) is 17.3. The monoisotopic (exact) mass is 404 g/mol. The molecular weight excluding hydrogens is 380 g/mol. The number of benzene rings is 1. The second kappa shape index (κ2) is 6.98. The number of hydrogen-bond acceptors (Lipinski definition) is 6. The number of imidazole rings is 1. The molecule has 30 heavy (non-hydrogen) atoms. The van der Waals surface area contributed by atoms with Crippen LogP contribution in [-0.4, -0.2) is 67.7 Å². The Morgan fingerprint density at radius 2 is 1.77 bits per heavy atom. The van der Waals surface area contributed by atoms with Crippen molar-refractivity contribution in [3.63, 3.8) is 0 Å². The summed E-state index contributed by atoms with van der Waals surface area (Å²) in [6, 6.07) is 5.24. The van der Waals surface area contributed by atoms with Crippen molar-refractivity contribution in [3.05, 3.63) is 41.3 Å². The molecule has 1 saturated heterocycles. The Balaban J connectivity index is 1.50. The average molecular weight is 404 g/mol. The van der Waals surface area contributed by atoms with Crippen LogP contribution in [-0.2, 0) is 0 Å². The van der Waals surface area contributed by atoms with Gasteiger partial charge in [-0.2, -0.15) is 0 Å². The number of nitrogens with zero attached hydrogens (tertiary/aromatic N) is 5. The van der Waals surface area contributed by atoms with Gasteiger partial charge in [0.05, 0.1) is 22.2 Å². The van der Waals surface area contributed by atoms with Gasteiger partial charge in [0.1, 0.15) is 11.5 Å². The van der Waals surface area contributed by atoms with Crippen molar-refractivity contribution in [2.45, 2.75) is 38.6 Å². The van der Waals surface area contributed by atoms with Gasteiger partial charge in [-0.25, -0.2) is 15.0 Å². The second-order valence-electron chi connectivity index (χ2n) is 8.47. The number of hydrogen-bond donors (Lipinski definition) is 1. The summed E-state index contributed by atoms with van der Waals surface area (Å²) in [5.41, 5.74) is 2.96. The lowest BCUT2D eigenvalue weighted by molar-refractivity contribution is 0.0516. The first kappa shape index (κ1) is 18.9. The lowest BCUT2D eigenvalue weighted by atomic mass is 10.0. The zero-order valence-electron chi connectivity index (χ0n) is 17.3. The molecule has 0 bridgehead atoms. The van der Waals surface area contributed by atoms with Crippen molar-refractivity contribution in [3.8, 4) is 11.5 Å². The quantitative estimate of drug-likeness (QED) is 0.675. The molecule has 0 unspecified atom stereocenters. The third-order valence-corrected chi connectivity index (χ3v) is 6.01. The van der Waals surface area contributed by atoms with Crippen LogP contribution in [0.3, 0.4) is 0 Å². The smallest absolute Gasteiger partial charge is 0.261 e. The lowest BCUT2D eigenvalue weighted by Crippen LogP contribution is -2.46. The van der Waals surface area contributed by atoms with E-state index in [1.165, 1.54) is 4.90 Å². The third-order valence-electron chi connectivity index (χ3n) is 6.01. The predicted octanol–water partition coefficient (Wildman–Crippen LogP) is 2.83. The molecule has 2 amide bonds. The van der Waals surface area contributed by atoms with Crippen molar-refractivity contribution in [1.29, 1.82) is 0 Å². The van der Waals surface area contributed by atoms with Crippen LogP contribution in [0.5, 0.6) is 0 Å². The summed E-state index contributed by atoms with van der Waals surface area (Å²) < 4.78 is 0. The van der Waals surface area contributed by atoms with Crippen molar-refractivity contribution in [2.75, 3.05) is 20.1 Å². The van der Waals surface area contributed by atoms with Crippen LogP contribution in [0.2, 0.25) is 0 Å². The molecule has 1 fully saturated rings. The first-order valence-electron chi connectivity index (χ1n) is 10.4. The second-order valence-corrected chi connectivity index (χ2v) is 8.47. The normalized spacial score (nSPS) is 18.1. The molecule has 1 N–H and O–H groups in total. The van der Waals surface area contributed by atoms with E-state index in [9.17, 15) is 9.59 Å². The van der Waals surface area contributed by atoms with Gasteiger partial charge in [-0.05, 0) is 51.2 Å². The Kier molecular flexibility index (Phi) is 4.39. The van der Waals surface area contributed by atoms with E-state index in [1.54, 1.807) is 24.4 Å². The van der Waals surface area contributed by atoms with Gasteiger partial charge in [0.2, 0.25) is 0 Å². The van der Waals surface area contributed by atoms with Crippen LogP contribution >= 0.6 is 0 Å². The van der Waals surface area contributed by atoms with Gasteiger partial charge in [-0.15, -0.1) is 0 Å². The molecule has 2 aliphatic heterocycles. The maximum Gasteiger partial charge on any atom is 0.261 e. The maximum absolute atomic E-state index is 13.1. The molecule has 0 spiro atoms. The fraction of sp³-hybridized carbons (Fsp3) is 0.409. The Labute approximate surface area is 174 Å². The van der Waals surface area contributed by atoms with Crippen LogP contribution in [0.15, 0.2) is 24.4 Å². The molecule has 154 valence electrons. The van der Waals surface area contributed by atoms with E-state index in [0.717, 1.165) is 37.3 Å². The lowest BCUT2D eigenvalue weighted by Gasteiger charge is -2.33. The van der Waals surface area contributed by atoms with Crippen LogP contribution in [0, 0.1) is 0 Å². The van der Waals surface area contributed by atoms with E-state index in [0.29, 0.717) is 28.2 Å². The van der Waals surface area contributed by atoms with E-state index < -0.39 is 0 Å². The summed E-state index contributed by atoms with van der Waals surface area (Å²) in [5.74, 6) is 1.14. The van der Waals surface area contributed by atoms with Crippen LogP contribution < -0.4 is 0 Å². The van der Waals surface area contributed by atoms with E-state index in [2.05, 4.69) is 31.9 Å². The number of aromatic amines is 1. The Hall–Kier alpha value is -3.13. The molecule has 0 aliphatic carbocycles. The number of imide groups is 1. The Morgan fingerprint density at radius 1 is 1.07 bits per heavy atom. The molecule has 3 aromatic rings. The highest BCUT2D eigenvalue weighted by Gasteiger charge is 2.41. The van der Waals surface area contributed by atoms with E-state index >= 15 is 0 Å². The summed E-state index contributed by atoms with van der Waals surface area (Å²) >= 11 is 0. The molecule has 0 radical (unpaired) electrons. The van der Waals surface area contributed by atoms with Crippen LogP contribution in [0.4, 0.5) is 0 Å². The minimum Gasteiger partial charge on any atom is -0.337 e. The van der Waals surface area contributed by atoms with E-state index in [1.807, 2.05) is 13.8 Å². The molecule has 8 heteroatoms. The largest absolute Gasteiger partial charge is 0.337 e. The molecule has 5 rings (SSSR count). The van der Waals surface area contributed by atoms with Gasteiger partial charge >= 0.3 is 0 Å². The van der Waals surface area contributed by atoms with Crippen molar-refractivity contribution in [2.24, 2.45) is 0 Å². The highest BCUT2D eigenvalue weighted by atomic mass is 16.2. The predicted molar refractivity (Wildman–Crippen MR) is 112 cm³/mol. The van der Waals surface area contributed by atoms with Crippen molar-refractivity contribution in [1.82, 2.24) is 29.7 Å². The van der Waals surface area contributed by atoms with Gasteiger partial charge in [0.15, 0.2) is 5.82 Å². The van der Waals surface area contributed by atoms with Crippen molar-refractivity contribution < 1.29 is 9.59 Å². The number of fused-ring (bicyclic) bond motifs is 2. The van der Waals surface area contributed by atoms with Crippen LogP contribution in [0.1, 0.15) is 59.1 Å². The molecule has 2 aliphatic rings. The van der Waals surface area contributed by atoms with E-state index in [-0.39, 0.29) is 23.8 Å². The highest BCUT2D eigenvalue weighted by Crippen LogP contribution is 2.32. The van der Waals surface area contributed by atoms with Crippen LogP contribution in [0.25, 0.3) is 22.6 Å². The fourth-order valence-electron chi connectivity index (χ4n) is 4.25. The first-order chi connectivity index (χ1) is 14.4. The number of aromatic nitrogens is 4. The Bertz CT molecular complexity index is 1110. The van der Waals surface area contributed by atoms with E-state index in [4.69, 9.17) is 0 Å². The Morgan fingerprint density at radius 3 is 2.47 bits per heavy atom. The summed E-state index contributed by atoms with van der Waals surface area (Å²) in [5, 5.41) is 0. The number of carbonyl (C=O) groups is 2. The summed E-state index contributed by atoms with van der Waals surface area (Å²) in [6.07, 6.45) is 3.35. The minimum atomic E-state index is -0.208. The minimum absolute atomic E-state index is 0.0362. The number of likely N-dealkylation sites (tertiary alicyclic amines) is 1. The highest BCUT2D eigenvalue weighted by molar-refractivity contribution is 6.23. The molecule has 8 nitrogen and oxygen atoms in total. The summed E-state index contributed by atoms with van der Waals surface area (Å²) in [6.45, 7) is 5.85. The standard InChI is InChI=1S/C22H24N6O2/c1-12(2)19-23-7-4-16(24-19)20-25-17-10-14-15(11-18(17)26-20)22(30)28(21(14)29)13-5-8-27(3)9-6-13/h4,7,10-13H,5-6,8-9H2,1-3H3,(H,25,26). The van der Waals surface area contributed by atoms with Gasteiger partial charge in [-0.1, -0.05) is 13.8 Å². The number of nitrogens with one attached hydrogen (secondary N) is 1. The SMILES string of the molecule is CC(C)c1nccc(-c2nc3cc4c(cc3[nH]2)C(=O)N(C2CCN(C)CC2)C4=O)n1. The number of H-pyrrole nitrogens is 1. The number of rotatable bonds is 3. The summed E-state index contributed by atoms with van der Waals surface area (Å²) in [7, 11) is 2.06.